The molecule has 284 valence electrons. The molecule has 0 spiro atoms. The molecule has 0 unspecified atom stereocenters. The van der Waals surface area contributed by atoms with E-state index in [1.165, 1.54) is 7.11 Å². The summed E-state index contributed by atoms with van der Waals surface area (Å²) in [7, 11) is -1.36. The lowest BCUT2D eigenvalue weighted by Gasteiger charge is -2.38. The first kappa shape index (κ1) is 40.8. The summed E-state index contributed by atoms with van der Waals surface area (Å²) in [5.41, 5.74) is 10.9. The zero-order valence-electron chi connectivity index (χ0n) is 32.7. The summed E-state index contributed by atoms with van der Waals surface area (Å²) in [6, 6.07) is 6.84. The molecule has 4 rings (SSSR count). The molecule has 0 saturated carbocycles. The Kier molecular flexibility index (Phi) is 13.2. The topological polar surface area (TPSA) is 136 Å². The van der Waals surface area contributed by atoms with Crippen molar-refractivity contribution in [3.05, 3.63) is 65.3 Å². The molecule has 2 aliphatic heterocycles. The van der Waals surface area contributed by atoms with Crippen LogP contribution in [0, 0.1) is 6.92 Å². The molecule has 2 amide bonds. The standard InChI is InChI=1S/C39H59BN4O7Si/c1-12-28-16-25(2)22-43(28)38(46)31-19-35(48-9)36(21-33(31)42-40(8)47)50-15-13-14-49-34-20-32(41)30(18-27(34)4)37(45)44-23-26(3)17-29(44)24-51-52(10,11)39(5,6)7/h18-21,28-29,42,47H,2-3,12-17,22-24,41H2,1,4-11H3/t28-,29+/m1/s1. The highest BCUT2D eigenvalue weighted by molar-refractivity contribution is 6.74. The van der Waals surface area contributed by atoms with Crippen molar-refractivity contribution in [1.82, 2.24) is 9.80 Å². The summed E-state index contributed by atoms with van der Waals surface area (Å²) in [5.74, 6) is 1.14. The zero-order chi connectivity index (χ0) is 38.5. The predicted molar refractivity (Wildman–Crippen MR) is 212 cm³/mol. The van der Waals surface area contributed by atoms with Gasteiger partial charge < -0.3 is 44.4 Å². The van der Waals surface area contributed by atoms with Gasteiger partial charge in [-0.3, -0.25) is 9.59 Å². The maximum Gasteiger partial charge on any atom is 0.406 e. The first-order valence-corrected chi connectivity index (χ1v) is 21.2. The molecule has 2 atom stereocenters. The largest absolute Gasteiger partial charge is 0.493 e. The zero-order valence-corrected chi connectivity index (χ0v) is 33.7. The highest BCUT2D eigenvalue weighted by Crippen LogP contribution is 2.39. The molecule has 2 aromatic carbocycles. The van der Waals surface area contributed by atoms with E-state index in [0.717, 1.165) is 29.6 Å². The summed E-state index contributed by atoms with van der Waals surface area (Å²) in [6.45, 7) is 26.9. The van der Waals surface area contributed by atoms with E-state index >= 15 is 0 Å². The molecule has 52 heavy (non-hydrogen) atoms. The van der Waals surface area contributed by atoms with Crippen LogP contribution >= 0.6 is 0 Å². The molecule has 0 radical (unpaired) electrons. The smallest absolute Gasteiger partial charge is 0.406 e. The highest BCUT2D eigenvalue weighted by Gasteiger charge is 2.40. The summed E-state index contributed by atoms with van der Waals surface area (Å²) in [6.07, 6.45) is 2.84. The number of carbonyl (C=O) groups is 2. The van der Waals surface area contributed by atoms with Crippen LogP contribution in [0.4, 0.5) is 11.4 Å². The van der Waals surface area contributed by atoms with E-state index in [2.05, 4.69) is 59.2 Å². The lowest BCUT2D eigenvalue weighted by atomic mass is 9.87. The molecule has 13 heteroatoms. The Labute approximate surface area is 311 Å². The molecule has 2 fully saturated rings. The quantitative estimate of drug-likeness (QED) is 0.0771. The average molecular weight is 735 g/mol. The Balaban J connectivity index is 1.39. The van der Waals surface area contributed by atoms with Crippen LogP contribution in [-0.2, 0) is 4.43 Å². The van der Waals surface area contributed by atoms with Crippen LogP contribution in [-0.4, -0.2) is 94.1 Å². The summed E-state index contributed by atoms with van der Waals surface area (Å²) in [4.78, 5) is 31.1. The number of ether oxygens (including phenoxy) is 3. The van der Waals surface area contributed by atoms with E-state index in [1.54, 1.807) is 31.1 Å². The van der Waals surface area contributed by atoms with Crippen LogP contribution in [0.2, 0.25) is 25.0 Å². The van der Waals surface area contributed by atoms with Gasteiger partial charge in [0.2, 0.25) is 0 Å². The SMILES string of the molecule is C=C1C[C@@H](CO[Si](C)(C)C(C)(C)C)N(C(=O)c2cc(C)c(OCCCOc3cc(NB(C)O)c(C(=O)N4CC(=C)C[C@H]4CC)cc3OC)cc2N)C1. The fourth-order valence-electron chi connectivity index (χ4n) is 6.40. The molecule has 0 aromatic heterocycles. The van der Waals surface area contributed by atoms with Gasteiger partial charge in [0.15, 0.2) is 19.8 Å². The number of nitrogen functional groups attached to an aromatic ring is 1. The molecular weight excluding hydrogens is 675 g/mol. The summed E-state index contributed by atoms with van der Waals surface area (Å²) < 4.78 is 24.3. The van der Waals surface area contributed by atoms with Gasteiger partial charge in [0.25, 0.3) is 11.8 Å². The molecule has 2 heterocycles. The molecule has 0 aliphatic carbocycles. The maximum atomic E-state index is 13.8. The van der Waals surface area contributed by atoms with E-state index in [-0.39, 0.29) is 28.9 Å². The normalized spacial score (nSPS) is 17.8. The van der Waals surface area contributed by atoms with E-state index < -0.39 is 15.4 Å². The lowest BCUT2D eigenvalue weighted by Crippen LogP contribution is -2.46. The van der Waals surface area contributed by atoms with E-state index in [4.69, 9.17) is 24.4 Å². The predicted octanol–water partition coefficient (Wildman–Crippen LogP) is 6.93. The van der Waals surface area contributed by atoms with Gasteiger partial charge >= 0.3 is 7.05 Å². The van der Waals surface area contributed by atoms with E-state index in [9.17, 15) is 14.6 Å². The second-order valence-corrected chi connectivity index (χ2v) is 20.5. The Morgan fingerprint density at radius 2 is 1.54 bits per heavy atom. The number of benzene rings is 2. The van der Waals surface area contributed by atoms with Crippen molar-refractivity contribution < 1.29 is 33.2 Å². The van der Waals surface area contributed by atoms with Crippen LogP contribution < -0.4 is 25.2 Å². The Hall–Kier alpha value is -3.94. The molecule has 2 aromatic rings. The first-order chi connectivity index (χ1) is 24.4. The number of carbonyl (C=O) groups excluding carboxylic acids is 2. The van der Waals surface area contributed by atoms with Crippen molar-refractivity contribution in [3.63, 3.8) is 0 Å². The maximum absolute atomic E-state index is 13.8. The monoisotopic (exact) mass is 734 g/mol. The van der Waals surface area contributed by atoms with Crippen LogP contribution in [0.3, 0.4) is 0 Å². The van der Waals surface area contributed by atoms with E-state index in [1.807, 2.05) is 16.7 Å². The van der Waals surface area contributed by atoms with Gasteiger partial charge in [0, 0.05) is 49.1 Å². The van der Waals surface area contributed by atoms with E-state index in [0.29, 0.717) is 85.5 Å². The van der Waals surface area contributed by atoms with Crippen molar-refractivity contribution in [3.8, 4) is 17.2 Å². The van der Waals surface area contributed by atoms with Crippen molar-refractivity contribution in [2.45, 2.75) is 97.3 Å². The van der Waals surface area contributed by atoms with Crippen molar-refractivity contribution in [2.75, 3.05) is 51.0 Å². The van der Waals surface area contributed by atoms with Gasteiger partial charge in [-0.05, 0) is 68.8 Å². The highest BCUT2D eigenvalue weighted by atomic mass is 28.4. The molecule has 11 nitrogen and oxygen atoms in total. The third-order valence-corrected chi connectivity index (χ3v) is 14.9. The number of aryl methyl sites for hydroxylation is 1. The number of hydrogen-bond donors (Lipinski definition) is 3. The minimum absolute atomic E-state index is 0.0730. The van der Waals surface area contributed by atoms with Gasteiger partial charge in [0.05, 0.1) is 44.1 Å². The fraction of sp³-hybridized carbons (Fsp3) is 0.538. The molecule has 0 bridgehead atoms. The number of anilines is 2. The summed E-state index contributed by atoms with van der Waals surface area (Å²) >= 11 is 0. The Morgan fingerprint density at radius 1 is 0.962 bits per heavy atom. The number of nitrogens with two attached hydrogens (primary N) is 1. The van der Waals surface area contributed by atoms with Crippen LogP contribution in [0.15, 0.2) is 48.6 Å². The third kappa shape index (κ3) is 9.53. The average Bonchev–Trinajstić information content (AvgIpc) is 3.64. The molecule has 2 saturated heterocycles. The van der Waals surface area contributed by atoms with Gasteiger partial charge in [-0.1, -0.05) is 52.0 Å². The van der Waals surface area contributed by atoms with Crippen LogP contribution in [0.25, 0.3) is 0 Å². The Bertz CT molecular complexity index is 1660. The number of rotatable bonds is 15. The van der Waals surface area contributed by atoms with Gasteiger partial charge in [-0.2, -0.15) is 0 Å². The number of nitrogens with one attached hydrogen (secondary N) is 1. The van der Waals surface area contributed by atoms with Crippen molar-refractivity contribution in [1.29, 1.82) is 0 Å². The van der Waals surface area contributed by atoms with Crippen molar-refractivity contribution >= 4 is 38.6 Å². The Morgan fingerprint density at radius 3 is 2.12 bits per heavy atom. The molecule has 4 N–H and O–H groups in total. The minimum Gasteiger partial charge on any atom is -0.493 e. The first-order valence-electron chi connectivity index (χ1n) is 18.3. The number of methoxy groups -OCH3 is 1. The van der Waals surface area contributed by atoms with Gasteiger partial charge in [-0.25, -0.2) is 0 Å². The molecular formula is C39H59BN4O7Si. The van der Waals surface area contributed by atoms with Gasteiger partial charge in [0.1, 0.15) is 5.75 Å². The second-order valence-electron chi connectivity index (χ2n) is 15.7. The van der Waals surface area contributed by atoms with Crippen LogP contribution in [0.5, 0.6) is 17.2 Å². The number of likely N-dealkylation sites (tertiary alicyclic amines) is 2. The number of nitrogens with zero attached hydrogens (tertiary/aromatic N) is 2. The second kappa shape index (κ2) is 16.8. The number of hydrogen-bond acceptors (Lipinski definition) is 9. The van der Waals surface area contributed by atoms with Crippen LogP contribution in [0.1, 0.15) is 79.7 Å². The van der Waals surface area contributed by atoms with Crippen molar-refractivity contribution in [2.24, 2.45) is 0 Å². The lowest BCUT2D eigenvalue weighted by molar-refractivity contribution is 0.0685. The minimum atomic E-state index is -1.99. The fourth-order valence-corrected chi connectivity index (χ4v) is 7.44. The third-order valence-electron chi connectivity index (χ3n) is 10.4. The number of amides is 2. The van der Waals surface area contributed by atoms with Gasteiger partial charge in [-0.15, -0.1) is 0 Å². The summed E-state index contributed by atoms with van der Waals surface area (Å²) in [5, 5.41) is 13.2. The molecule has 2 aliphatic rings.